The van der Waals surface area contributed by atoms with Crippen LogP contribution in [0.25, 0.3) is 21.3 Å². The molecule has 2 aromatic heterocycles. The van der Waals surface area contributed by atoms with Crippen molar-refractivity contribution in [2.45, 2.75) is 12.5 Å². The smallest absolute Gasteiger partial charge is 0.0929 e. The van der Waals surface area contributed by atoms with Gasteiger partial charge in [-0.05, 0) is 64.8 Å². The highest BCUT2D eigenvalue weighted by atomic mass is 32.1. The van der Waals surface area contributed by atoms with Crippen molar-refractivity contribution in [3.05, 3.63) is 82.9 Å². The van der Waals surface area contributed by atoms with Gasteiger partial charge in [-0.3, -0.25) is 0 Å². The Morgan fingerprint density at radius 1 is 1.04 bits per heavy atom. The largest absolute Gasteiger partial charge is 0.301 e. The standard InChI is InChI=1S/C22H19N3S/c1-25-13-16-12-15(21-5-3-10-23-24-21)7-8-17(16)20(14-25)18-4-2-6-22-19(18)9-11-26-22/h2-12,20H,13-14H2,1H3. The first-order valence-corrected chi connectivity index (χ1v) is 9.73. The lowest BCUT2D eigenvalue weighted by molar-refractivity contribution is 0.296. The quantitative estimate of drug-likeness (QED) is 0.509. The van der Waals surface area contributed by atoms with Crippen molar-refractivity contribution in [2.24, 2.45) is 0 Å². The van der Waals surface area contributed by atoms with Crippen molar-refractivity contribution in [2.75, 3.05) is 13.6 Å². The van der Waals surface area contributed by atoms with Crippen LogP contribution in [0.5, 0.6) is 0 Å². The minimum atomic E-state index is 0.401. The van der Waals surface area contributed by atoms with Gasteiger partial charge in [0.25, 0.3) is 0 Å². The van der Waals surface area contributed by atoms with Crippen molar-refractivity contribution >= 4 is 21.4 Å². The highest BCUT2D eigenvalue weighted by Gasteiger charge is 2.26. The number of hydrogen-bond acceptors (Lipinski definition) is 4. The first-order valence-electron chi connectivity index (χ1n) is 8.85. The summed E-state index contributed by atoms with van der Waals surface area (Å²) in [6.45, 7) is 2.02. The maximum Gasteiger partial charge on any atom is 0.0929 e. The third-order valence-corrected chi connectivity index (χ3v) is 6.11. The molecule has 1 aliphatic heterocycles. The molecule has 128 valence electrons. The number of rotatable bonds is 2. The zero-order valence-electron chi connectivity index (χ0n) is 14.6. The Labute approximate surface area is 156 Å². The van der Waals surface area contributed by atoms with Gasteiger partial charge in [0.15, 0.2) is 0 Å². The molecule has 0 N–H and O–H groups in total. The summed E-state index contributed by atoms with van der Waals surface area (Å²) < 4.78 is 1.37. The van der Waals surface area contributed by atoms with Crippen LogP contribution >= 0.6 is 11.3 Å². The van der Waals surface area contributed by atoms with E-state index in [2.05, 4.69) is 70.0 Å². The summed E-state index contributed by atoms with van der Waals surface area (Å²) in [5.74, 6) is 0.401. The van der Waals surface area contributed by atoms with Gasteiger partial charge < -0.3 is 4.90 Å². The first-order chi connectivity index (χ1) is 12.8. The zero-order valence-corrected chi connectivity index (χ0v) is 15.4. The molecule has 0 spiro atoms. The van der Waals surface area contributed by atoms with Crippen molar-refractivity contribution in [3.8, 4) is 11.3 Å². The fourth-order valence-electron chi connectivity index (χ4n) is 4.05. The molecule has 1 atom stereocenters. The molecule has 0 radical (unpaired) electrons. The summed E-state index contributed by atoms with van der Waals surface area (Å²) in [5, 5.41) is 11.9. The lowest BCUT2D eigenvalue weighted by Gasteiger charge is -2.33. The molecule has 0 aliphatic carbocycles. The van der Waals surface area contributed by atoms with Crippen molar-refractivity contribution in [1.82, 2.24) is 15.1 Å². The SMILES string of the molecule is CN1Cc2cc(-c3cccnn3)ccc2C(c2cccc3sccc23)C1. The first kappa shape index (κ1) is 15.7. The minimum Gasteiger partial charge on any atom is -0.301 e. The van der Waals surface area contributed by atoms with E-state index >= 15 is 0 Å². The van der Waals surface area contributed by atoms with Crippen LogP contribution in [0.15, 0.2) is 66.2 Å². The molecular formula is C22H19N3S. The van der Waals surface area contributed by atoms with Crippen molar-refractivity contribution in [1.29, 1.82) is 0 Å². The second-order valence-corrected chi connectivity index (χ2v) is 7.90. The van der Waals surface area contributed by atoms with E-state index in [0.717, 1.165) is 24.3 Å². The Hall–Kier alpha value is -2.56. The van der Waals surface area contributed by atoms with E-state index in [4.69, 9.17) is 0 Å². The normalized spacial score (nSPS) is 17.3. The Morgan fingerprint density at radius 2 is 2.00 bits per heavy atom. The monoisotopic (exact) mass is 357 g/mol. The number of thiophene rings is 1. The predicted molar refractivity (Wildman–Crippen MR) is 107 cm³/mol. The maximum atomic E-state index is 4.27. The second-order valence-electron chi connectivity index (χ2n) is 6.95. The van der Waals surface area contributed by atoms with Gasteiger partial charge in [-0.1, -0.05) is 24.3 Å². The summed E-state index contributed by atoms with van der Waals surface area (Å²) in [5.41, 5.74) is 6.33. The van der Waals surface area contributed by atoms with E-state index in [1.807, 2.05) is 23.5 Å². The molecule has 1 unspecified atom stereocenters. The third-order valence-electron chi connectivity index (χ3n) is 5.23. The topological polar surface area (TPSA) is 29.0 Å². The van der Waals surface area contributed by atoms with Crippen LogP contribution < -0.4 is 0 Å². The minimum absolute atomic E-state index is 0.401. The molecule has 2 aromatic carbocycles. The van der Waals surface area contributed by atoms with Gasteiger partial charge in [0.2, 0.25) is 0 Å². The fraction of sp³-hybridized carbons (Fsp3) is 0.182. The van der Waals surface area contributed by atoms with Crippen LogP contribution in [0.2, 0.25) is 0 Å². The molecule has 0 bridgehead atoms. The summed E-state index contributed by atoms with van der Waals surface area (Å²) in [6.07, 6.45) is 1.72. The molecule has 26 heavy (non-hydrogen) atoms. The van der Waals surface area contributed by atoms with Gasteiger partial charge in [0.05, 0.1) is 5.69 Å². The van der Waals surface area contributed by atoms with Gasteiger partial charge in [0, 0.05) is 35.5 Å². The average molecular weight is 357 g/mol. The predicted octanol–water partition coefficient (Wildman–Crippen LogP) is 4.94. The summed E-state index contributed by atoms with van der Waals surface area (Å²) in [6, 6.07) is 19.7. The Kier molecular flexibility index (Phi) is 3.80. The average Bonchev–Trinajstić information content (AvgIpc) is 3.16. The molecule has 4 aromatic rings. The molecule has 4 heteroatoms. The van der Waals surface area contributed by atoms with Crippen LogP contribution in [-0.4, -0.2) is 28.7 Å². The molecule has 0 amide bonds. The van der Waals surface area contributed by atoms with Gasteiger partial charge in [-0.15, -0.1) is 11.3 Å². The van der Waals surface area contributed by atoms with E-state index in [-0.39, 0.29) is 0 Å². The fourth-order valence-corrected chi connectivity index (χ4v) is 4.87. The lowest BCUT2D eigenvalue weighted by atomic mass is 9.83. The Bertz CT molecular complexity index is 1070. The van der Waals surface area contributed by atoms with Crippen LogP contribution in [0, 0.1) is 0 Å². The van der Waals surface area contributed by atoms with Crippen LogP contribution in [0.4, 0.5) is 0 Å². The third kappa shape index (κ3) is 2.62. The van der Waals surface area contributed by atoms with Gasteiger partial charge >= 0.3 is 0 Å². The number of hydrogen-bond donors (Lipinski definition) is 0. The Morgan fingerprint density at radius 3 is 2.88 bits per heavy atom. The molecule has 0 saturated carbocycles. The number of benzene rings is 2. The molecule has 3 heterocycles. The molecule has 5 rings (SSSR count). The highest BCUT2D eigenvalue weighted by Crippen LogP contribution is 2.38. The van der Waals surface area contributed by atoms with Gasteiger partial charge in [0.1, 0.15) is 0 Å². The number of nitrogens with zero attached hydrogens (tertiary/aromatic N) is 3. The van der Waals surface area contributed by atoms with Crippen molar-refractivity contribution in [3.63, 3.8) is 0 Å². The second kappa shape index (κ2) is 6.31. The Balaban J connectivity index is 1.64. The van der Waals surface area contributed by atoms with E-state index in [9.17, 15) is 0 Å². The van der Waals surface area contributed by atoms with Crippen molar-refractivity contribution < 1.29 is 0 Å². The van der Waals surface area contributed by atoms with E-state index in [1.54, 1.807) is 6.20 Å². The lowest BCUT2D eigenvalue weighted by Crippen LogP contribution is -2.31. The van der Waals surface area contributed by atoms with Gasteiger partial charge in [-0.2, -0.15) is 10.2 Å². The van der Waals surface area contributed by atoms with E-state index in [1.165, 1.54) is 26.8 Å². The molecule has 1 aliphatic rings. The molecule has 0 saturated heterocycles. The molecule has 0 fully saturated rings. The summed E-state index contributed by atoms with van der Waals surface area (Å²) in [4.78, 5) is 2.42. The summed E-state index contributed by atoms with van der Waals surface area (Å²) >= 11 is 1.82. The molecule has 3 nitrogen and oxygen atoms in total. The highest BCUT2D eigenvalue weighted by molar-refractivity contribution is 7.17. The van der Waals surface area contributed by atoms with Gasteiger partial charge in [-0.25, -0.2) is 0 Å². The number of fused-ring (bicyclic) bond motifs is 2. The summed E-state index contributed by atoms with van der Waals surface area (Å²) in [7, 11) is 2.21. The van der Waals surface area contributed by atoms with Crippen LogP contribution in [0.3, 0.4) is 0 Å². The van der Waals surface area contributed by atoms with E-state index < -0.39 is 0 Å². The molecular weight excluding hydrogens is 338 g/mol. The van der Waals surface area contributed by atoms with Crippen LogP contribution in [-0.2, 0) is 6.54 Å². The van der Waals surface area contributed by atoms with E-state index in [0.29, 0.717) is 5.92 Å². The number of likely N-dealkylation sites (N-methyl/N-ethyl adjacent to an activating group) is 1. The van der Waals surface area contributed by atoms with Crippen LogP contribution in [0.1, 0.15) is 22.6 Å². The zero-order chi connectivity index (χ0) is 17.5. The maximum absolute atomic E-state index is 4.27. The number of aromatic nitrogens is 2.